The van der Waals surface area contributed by atoms with Crippen molar-refractivity contribution in [3.05, 3.63) is 12.7 Å². The Hall–Kier alpha value is -0.780. The van der Waals surface area contributed by atoms with Gasteiger partial charge in [0.25, 0.3) is 0 Å². The molecule has 0 aromatic rings. The van der Waals surface area contributed by atoms with Gasteiger partial charge in [-0.1, -0.05) is 31.3 Å². The summed E-state index contributed by atoms with van der Waals surface area (Å²) >= 11 is 0. The third-order valence-corrected chi connectivity index (χ3v) is 3.51. The van der Waals surface area contributed by atoms with Crippen LogP contribution in [0.3, 0.4) is 0 Å². The molecular weight excluding hydrogens is 212 g/mol. The second-order valence-electron chi connectivity index (χ2n) is 4.86. The minimum absolute atomic E-state index is 0.00169. The van der Waals surface area contributed by atoms with Gasteiger partial charge < -0.3 is 10.2 Å². The summed E-state index contributed by atoms with van der Waals surface area (Å²) in [6.07, 6.45) is 8.83. The Morgan fingerprint density at radius 3 is 2.59 bits per heavy atom. The van der Waals surface area contributed by atoms with Crippen LogP contribution in [0.15, 0.2) is 12.7 Å². The van der Waals surface area contributed by atoms with Gasteiger partial charge in [0.15, 0.2) is 0 Å². The first-order valence-electron chi connectivity index (χ1n) is 6.67. The van der Waals surface area contributed by atoms with Gasteiger partial charge >= 0.3 is 0 Å². The highest BCUT2D eigenvalue weighted by Crippen LogP contribution is 2.22. The first kappa shape index (κ1) is 14.3. The van der Waals surface area contributed by atoms with Crippen molar-refractivity contribution in [1.82, 2.24) is 0 Å². The maximum absolute atomic E-state index is 9.54. The highest BCUT2D eigenvalue weighted by Gasteiger charge is 2.14. The monoisotopic (exact) mass is 236 g/mol. The molecule has 0 heterocycles. The van der Waals surface area contributed by atoms with Crippen molar-refractivity contribution in [2.24, 2.45) is 11.8 Å². The lowest BCUT2D eigenvalue weighted by Gasteiger charge is -2.17. The predicted octanol–water partition coefficient (Wildman–Crippen LogP) is 2.51. The molecule has 0 aromatic carbocycles. The van der Waals surface area contributed by atoms with Gasteiger partial charge in [0.1, 0.15) is 0 Å². The van der Waals surface area contributed by atoms with Gasteiger partial charge in [-0.15, -0.1) is 12.5 Å². The van der Waals surface area contributed by atoms with Crippen molar-refractivity contribution in [1.29, 1.82) is 0 Å². The normalized spacial score (nSPS) is 20.1. The molecule has 0 spiro atoms. The van der Waals surface area contributed by atoms with E-state index < -0.39 is 6.10 Å². The fraction of sp³-hybridized carbons (Fsp3) is 0.733. The summed E-state index contributed by atoms with van der Waals surface area (Å²) in [6.45, 7) is 3.53. The molecule has 2 atom stereocenters. The lowest BCUT2D eigenvalue weighted by molar-refractivity contribution is 0.0962. The second-order valence-corrected chi connectivity index (χ2v) is 4.86. The van der Waals surface area contributed by atoms with Crippen LogP contribution < -0.4 is 0 Å². The van der Waals surface area contributed by atoms with E-state index in [-0.39, 0.29) is 12.5 Å². The van der Waals surface area contributed by atoms with Crippen LogP contribution in [-0.2, 0) is 0 Å². The molecule has 2 heteroatoms. The summed E-state index contributed by atoms with van der Waals surface area (Å²) in [6, 6.07) is 0. The van der Waals surface area contributed by atoms with Gasteiger partial charge in [-0.25, -0.2) is 0 Å². The number of aliphatic hydroxyl groups excluding tert-OH is 2. The van der Waals surface area contributed by atoms with Crippen LogP contribution >= 0.6 is 0 Å². The summed E-state index contributed by atoms with van der Waals surface area (Å²) in [5.41, 5.74) is 0. The average Bonchev–Trinajstić information content (AvgIpc) is 2.39. The molecule has 2 nitrogen and oxygen atoms in total. The minimum atomic E-state index is -0.614. The smallest absolute Gasteiger partial charge is 0.0768 e. The van der Waals surface area contributed by atoms with E-state index in [0.29, 0.717) is 5.92 Å². The maximum atomic E-state index is 9.54. The van der Waals surface area contributed by atoms with E-state index in [4.69, 9.17) is 5.11 Å². The van der Waals surface area contributed by atoms with E-state index in [9.17, 15) is 5.11 Å². The van der Waals surface area contributed by atoms with Crippen LogP contribution in [0.2, 0.25) is 0 Å². The number of hydrogen-bond acceptors (Lipinski definition) is 2. The SMILES string of the molecule is C=C[C@@H](O)[C@H](CO)CCC#CC1CCCCC1. The van der Waals surface area contributed by atoms with E-state index in [1.54, 1.807) is 0 Å². The number of aliphatic hydroxyl groups is 2. The van der Waals surface area contributed by atoms with Crippen LogP contribution in [0.25, 0.3) is 0 Å². The molecule has 1 aliphatic carbocycles. The van der Waals surface area contributed by atoms with Crippen LogP contribution in [-0.4, -0.2) is 22.9 Å². The zero-order valence-corrected chi connectivity index (χ0v) is 10.6. The van der Waals surface area contributed by atoms with E-state index in [1.165, 1.54) is 38.2 Å². The minimum Gasteiger partial charge on any atom is -0.396 e. The van der Waals surface area contributed by atoms with Crippen molar-refractivity contribution in [3.8, 4) is 11.8 Å². The van der Waals surface area contributed by atoms with Crippen molar-refractivity contribution in [2.75, 3.05) is 6.61 Å². The summed E-state index contributed by atoms with van der Waals surface area (Å²) in [4.78, 5) is 0. The van der Waals surface area contributed by atoms with Crippen LogP contribution in [0.4, 0.5) is 0 Å². The van der Waals surface area contributed by atoms with Crippen molar-refractivity contribution in [3.63, 3.8) is 0 Å². The van der Waals surface area contributed by atoms with Gasteiger partial charge in [-0.2, -0.15) is 0 Å². The Morgan fingerprint density at radius 2 is 2.00 bits per heavy atom. The van der Waals surface area contributed by atoms with E-state index in [0.717, 1.165) is 12.8 Å². The molecule has 0 bridgehead atoms. The van der Waals surface area contributed by atoms with Crippen molar-refractivity contribution in [2.45, 2.75) is 51.0 Å². The van der Waals surface area contributed by atoms with Gasteiger partial charge in [0.05, 0.1) is 6.10 Å². The fourth-order valence-corrected chi connectivity index (χ4v) is 2.28. The number of hydrogen-bond donors (Lipinski definition) is 2. The molecule has 0 saturated heterocycles. The molecule has 1 fully saturated rings. The molecule has 1 saturated carbocycles. The first-order chi connectivity index (χ1) is 8.27. The van der Waals surface area contributed by atoms with Crippen LogP contribution in [0.1, 0.15) is 44.9 Å². The molecular formula is C15H24O2. The summed E-state index contributed by atoms with van der Waals surface area (Å²) in [5, 5.41) is 18.7. The summed E-state index contributed by atoms with van der Waals surface area (Å²) in [5.74, 6) is 6.98. The highest BCUT2D eigenvalue weighted by molar-refractivity contribution is 5.04. The third-order valence-electron chi connectivity index (χ3n) is 3.51. The highest BCUT2D eigenvalue weighted by atomic mass is 16.3. The van der Waals surface area contributed by atoms with E-state index in [1.807, 2.05) is 0 Å². The fourth-order valence-electron chi connectivity index (χ4n) is 2.28. The topological polar surface area (TPSA) is 40.5 Å². The predicted molar refractivity (Wildman–Crippen MR) is 70.4 cm³/mol. The zero-order valence-electron chi connectivity index (χ0n) is 10.6. The van der Waals surface area contributed by atoms with Gasteiger partial charge in [-0.3, -0.25) is 0 Å². The lowest BCUT2D eigenvalue weighted by Crippen LogP contribution is -2.21. The van der Waals surface area contributed by atoms with Gasteiger partial charge in [-0.05, 0) is 19.3 Å². The molecule has 1 rings (SSSR count). The molecule has 17 heavy (non-hydrogen) atoms. The Kier molecular flexibility index (Phi) is 7.00. The molecule has 2 N–H and O–H groups in total. The van der Waals surface area contributed by atoms with Gasteiger partial charge in [0.2, 0.25) is 0 Å². The average molecular weight is 236 g/mol. The molecule has 0 aliphatic heterocycles. The molecule has 0 unspecified atom stereocenters. The van der Waals surface area contributed by atoms with Crippen LogP contribution in [0, 0.1) is 23.7 Å². The molecule has 0 radical (unpaired) electrons. The zero-order chi connectivity index (χ0) is 12.5. The Bertz CT molecular complexity index is 268. The molecule has 0 aromatic heterocycles. The quantitative estimate of drug-likeness (QED) is 0.569. The second kappa shape index (κ2) is 8.33. The largest absolute Gasteiger partial charge is 0.396 e. The number of rotatable bonds is 5. The summed E-state index contributed by atoms with van der Waals surface area (Å²) < 4.78 is 0. The van der Waals surface area contributed by atoms with Gasteiger partial charge in [0, 0.05) is 24.9 Å². The molecule has 0 amide bonds. The Balaban J connectivity index is 2.25. The standard InChI is InChI=1S/C15H24O2/c1-2-15(17)14(12-16)11-7-6-10-13-8-4-3-5-9-13/h2,13-17H,1,3-5,7-9,11-12H2/t14-,15+/m0/s1. The molecule has 1 aliphatic rings. The third kappa shape index (κ3) is 5.39. The molecule has 96 valence electrons. The summed E-state index contributed by atoms with van der Waals surface area (Å²) in [7, 11) is 0. The van der Waals surface area contributed by atoms with E-state index in [2.05, 4.69) is 18.4 Å². The Morgan fingerprint density at radius 1 is 1.29 bits per heavy atom. The first-order valence-corrected chi connectivity index (χ1v) is 6.67. The van der Waals surface area contributed by atoms with E-state index >= 15 is 0 Å². The van der Waals surface area contributed by atoms with Crippen molar-refractivity contribution >= 4 is 0 Å². The Labute approximate surface area is 105 Å². The van der Waals surface area contributed by atoms with Crippen molar-refractivity contribution < 1.29 is 10.2 Å². The lowest BCUT2D eigenvalue weighted by atomic mass is 9.89. The van der Waals surface area contributed by atoms with Crippen LogP contribution in [0.5, 0.6) is 0 Å². The maximum Gasteiger partial charge on any atom is 0.0768 e.